The van der Waals surface area contributed by atoms with Gasteiger partial charge in [0.2, 0.25) is 0 Å². The second-order valence-corrected chi connectivity index (χ2v) is 7.90. The lowest BCUT2D eigenvalue weighted by molar-refractivity contribution is 0.0955. The molecular weight excluding hydrogens is 474 g/mol. The quantitative estimate of drug-likeness (QED) is 0.455. The predicted molar refractivity (Wildman–Crippen MR) is 116 cm³/mol. The molecule has 0 radical (unpaired) electrons. The van der Waals surface area contributed by atoms with Gasteiger partial charge in [0.15, 0.2) is 0 Å². The lowest BCUT2D eigenvalue weighted by Gasteiger charge is -2.17. The van der Waals surface area contributed by atoms with Gasteiger partial charge in [0, 0.05) is 24.3 Å². The number of ether oxygens (including phenoxy) is 1. The third-order valence-corrected chi connectivity index (χ3v) is 5.47. The van der Waals surface area contributed by atoms with Crippen molar-refractivity contribution < 1.29 is 9.53 Å². The van der Waals surface area contributed by atoms with Gasteiger partial charge in [-0.2, -0.15) is 5.10 Å². The first-order valence-corrected chi connectivity index (χ1v) is 10.5. The van der Waals surface area contributed by atoms with Gasteiger partial charge >= 0.3 is 0 Å². The lowest BCUT2D eigenvalue weighted by atomic mass is 10.2. The first-order valence-electron chi connectivity index (χ1n) is 8.88. The molecule has 2 aromatic rings. The van der Waals surface area contributed by atoms with Crippen molar-refractivity contribution in [2.45, 2.75) is 19.8 Å². The lowest BCUT2D eigenvalue weighted by Crippen LogP contribution is -2.19. The van der Waals surface area contributed by atoms with Crippen LogP contribution in [0.5, 0.6) is 5.75 Å². The molecule has 0 aliphatic carbocycles. The highest BCUT2D eigenvalue weighted by Crippen LogP contribution is 2.34. The van der Waals surface area contributed by atoms with Gasteiger partial charge in [-0.05, 0) is 93.6 Å². The molecule has 0 bridgehead atoms. The first kappa shape index (κ1) is 19.9. The third kappa shape index (κ3) is 5.11. The van der Waals surface area contributed by atoms with Gasteiger partial charge in [0.05, 0.1) is 21.8 Å². The maximum atomic E-state index is 12.3. The molecule has 1 heterocycles. The predicted octanol–water partition coefficient (Wildman–Crippen LogP) is 4.97. The second kappa shape index (κ2) is 9.37. The summed E-state index contributed by atoms with van der Waals surface area (Å²) in [6, 6.07) is 11.4. The van der Waals surface area contributed by atoms with Crippen LogP contribution in [0.1, 0.15) is 35.7 Å². The number of rotatable bonds is 6. The summed E-state index contributed by atoms with van der Waals surface area (Å²) in [4.78, 5) is 14.6. The summed E-state index contributed by atoms with van der Waals surface area (Å²) in [5.74, 6) is 0.514. The number of anilines is 1. The zero-order valence-corrected chi connectivity index (χ0v) is 18.2. The maximum absolute atomic E-state index is 12.3. The Morgan fingerprint density at radius 1 is 1.19 bits per heavy atom. The first-order chi connectivity index (χ1) is 13.1. The van der Waals surface area contributed by atoms with E-state index in [1.54, 1.807) is 6.21 Å². The van der Waals surface area contributed by atoms with Crippen molar-refractivity contribution in [2.75, 3.05) is 24.6 Å². The summed E-state index contributed by atoms with van der Waals surface area (Å²) in [6.07, 6.45) is 4.06. The summed E-state index contributed by atoms with van der Waals surface area (Å²) < 4.78 is 7.20. The Labute approximate surface area is 176 Å². The monoisotopic (exact) mass is 493 g/mol. The fourth-order valence-corrected chi connectivity index (χ4v) is 4.42. The molecule has 0 spiro atoms. The van der Waals surface area contributed by atoms with Crippen LogP contribution in [-0.4, -0.2) is 31.8 Å². The molecule has 0 atom stereocenters. The summed E-state index contributed by atoms with van der Waals surface area (Å²) in [7, 11) is 0. The molecule has 0 unspecified atom stereocenters. The van der Waals surface area contributed by atoms with E-state index in [0.717, 1.165) is 39.0 Å². The van der Waals surface area contributed by atoms with Crippen LogP contribution in [0.4, 0.5) is 5.69 Å². The Morgan fingerprint density at radius 2 is 1.81 bits per heavy atom. The molecule has 1 aliphatic rings. The minimum Gasteiger partial charge on any atom is -0.492 e. The van der Waals surface area contributed by atoms with Crippen LogP contribution >= 0.6 is 31.9 Å². The Bertz CT molecular complexity index is 809. The average molecular weight is 495 g/mol. The highest BCUT2D eigenvalue weighted by atomic mass is 79.9. The van der Waals surface area contributed by atoms with E-state index in [-0.39, 0.29) is 5.91 Å². The minimum absolute atomic E-state index is 0.233. The van der Waals surface area contributed by atoms with Gasteiger partial charge in [-0.1, -0.05) is 0 Å². The Kier molecular flexibility index (Phi) is 6.90. The number of halogens is 2. The largest absolute Gasteiger partial charge is 0.492 e. The van der Waals surface area contributed by atoms with Crippen LogP contribution < -0.4 is 15.1 Å². The molecule has 1 saturated heterocycles. The van der Waals surface area contributed by atoms with Crippen LogP contribution in [0.15, 0.2) is 50.4 Å². The topological polar surface area (TPSA) is 53.9 Å². The molecule has 1 amide bonds. The van der Waals surface area contributed by atoms with E-state index in [4.69, 9.17) is 4.74 Å². The van der Waals surface area contributed by atoms with E-state index in [9.17, 15) is 4.79 Å². The van der Waals surface area contributed by atoms with Crippen molar-refractivity contribution in [2.24, 2.45) is 5.10 Å². The standard InChI is InChI=1S/C20H21Br2N3O2/c1-2-27-19-17(21)11-14(12-18(19)22)13-23-24-20(26)15-5-7-16(8-6-15)25-9-3-4-10-25/h5-8,11-13H,2-4,9-10H2,1H3,(H,24,26)/b23-13-. The number of amides is 1. The number of hydrazone groups is 1. The number of benzene rings is 2. The van der Waals surface area contributed by atoms with Crippen molar-refractivity contribution in [3.63, 3.8) is 0 Å². The van der Waals surface area contributed by atoms with Crippen LogP contribution in [0, 0.1) is 0 Å². The van der Waals surface area contributed by atoms with Crippen LogP contribution in [0.25, 0.3) is 0 Å². The van der Waals surface area contributed by atoms with Gasteiger partial charge in [0.1, 0.15) is 5.75 Å². The zero-order valence-electron chi connectivity index (χ0n) is 15.0. The van der Waals surface area contributed by atoms with E-state index in [0.29, 0.717) is 12.2 Å². The molecule has 142 valence electrons. The molecule has 27 heavy (non-hydrogen) atoms. The smallest absolute Gasteiger partial charge is 0.271 e. The van der Waals surface area contributed by atoms with E-state index >= 15 is 0 Å². The van der Waals surface area contributed by atoms with E-state index in [1.165, 1.54) is 12.8 Å². The highest BCUT2D eigenvalue weighted by molar-refractivity contribution is 9.11. The fourth-order valence-electron chi connectivity index (χ4n) is 2.97. The average Bonchev–Trinajstić information content (AvgIpc) is 3.19. The number of hydrogen-bond donors (Lipinski definition) is 1. The van der Waals surface area contributed by atoms with Crippen LogP contribution in [0.3, 0.4) is 0 Å². The number of carbonyl (C=O) groups is 1. The highest BCUT2D eigenvalue weighted by Gasteiger charge is 2.13. The van der Waals surface area contributed by atoms with Gasteiger partial charge in [0.25, 0.3) is 5.91 Å². The Balaban J connectivity index is 1.61. The van der Waals surface area contributed by atoms with E-state index < -0.39 is 0 Å². The maximum Gasteiger partial charge on any atom is 0.271 e. The Hall–Kier alpha value is -1.86. The molecule has 0 aromatic heterocycles. The molecule has 5 nitrogen and oxygen atoms in total. The van der Waals surface area contributed by atoms with Crippen molar-refractivity contribution in [3.05, 3.63) is 56.5 Å². The van der Waals surface area contributed by atoms with Crippen LogP contribution in [0.2, 0.25) is 0 Å². The second-order valence-electron chi connectivity index (χ2n) is 6.19. The molecule has 2 aromatic carbocycles. The van der Waals surface area contributed by atoms with E-state index in [1.807, 2.05) is 43.3 Å². The van der Waals surface area contributed by atoms with Gasteiger partial charge in [-0.15, -0.1) is 0 Å². The van der Waals surface area contributed by atoms with Gasteiger partial charge in [-0.3, -0.25) is 4.79 Å². The number of hydrogen-bond acceptors (Lipinski definition) is 4. The Morgan fingerprint density at radius 3 is 2.41 bits per heavy atom. The van der Waals surface area contributed by atoms with Crippen molar-refractivity contribution >= 4 is 49.7 Å². The van der Waals surface area contributed by atoms with Crippen molar-refractivity contribution in [1.82, 2.24) is 5.43 Å². The number of nitrogens with one attached hydrogen (secondary N) is 1. The van der Waals surface area contributed by atoms with Gasteiger partial charge in [-0.25, -0.2) is 5.43 Å². The molecule has 3 rings (SSSR count). The summed E-state index contributed by atoms with van der Waals surface area (Å²) in [6.45, 7) is 4.69. The summed E-state index contributed by atoms with van der Waals surface area (Å²) in [5, 5.41) is 4.06. The molecule has 1 aliphatic heterocycles. The fraction of sp³-hybridized carbons (Fsp3) is 0.300. The molecule has 1 N–H and O–H groups in total. The third-order valence-electron chi connectivity index (χ3n) is 4.29. The molecule has 0 saturated carbocycles. The zero-order chi connectivity index (χ0) is 19.2. The number of nitrogens with zero attached hydrogens (tertiary/aromatic N) is 2. The van der Waals surface area contributed by atoms with Gasteiger partial charge < -0.3 is 9.64 Å². The molecular formula is C20H21Br2N3O2. The minimum atomic E-state index is -0.233. The van der Waals surface area contributed by atoms with Crippen molar-refractivity contribution in [1.29, 1.82) is 0 Å². The molecule has 1 fully saturated rings. The molecule has 7 heteroatoms. The normalized spacial score (nSPS) is 14.0. The van der Waals surface area contributed by atoms with Crippen molar-refractivity contribution in [3.8, 4) is 5.75 Å². The summed E-state index contributed by atoms with van der Waals surface area (Å²) in [5.41, 5.74) is 5.16. The number of carbonyl (C=O) groups excluding carboxylic acids is 1. The van der Waals surface area contributed by atoms with E-state index in [2.05, 4.69) is 47.3 Å². The SMILES string of the molecule is CCOc1c(Br)cc(/C=N\NC(=O)c2ccc(N3CCCC3)cc2)cc1Br. The summed E-state index contributed by atoms with van der Waals surface area (Å²) >= 11 is 6.97. The van der Waals surface area contributed by atoms with Crippen LogP contribution in [-0.2, 0) is 0 Å².